The third kappa shape index (κ3) is 4.59. The molecule has 1 aromatic carbocycles. The van der Waals surface area contributed by atoms with Gasteiger partial charge in [0.2, 0.25) is 5.91 Å². The summed E-state index contributed by atoms with van der Waals surface area (Å²) < 4.78 is 30.3. The first kappa shape index (κ1) is 19.6. The molecule has 2 fully saturated rings. The predicted molar refractivity (Wildman–Crippen MR) is 102 cm³/mol. The van der Waals surface area contributed by atoms with E-state index in [4.69, 9.17) is 16.3 Å². The maximum atomic E-state index is 12.4. The molecule has 1 aliphatic carbocycles. The fraction of sp³-hybridized carbons (Fsp3) is 0.632. The van der Waals surface area contributed by atoms with Gasteiger partial charge < -0.3 is 10.1 Å². The highest BCUT2D eigenvalue weighted by Crippen LogP contribution is 2.35. The molecule has 0 unspecified atom stereocenters. The van der Waals surface area contributed by atoms with Crippen LogP contribution in [0.4, 0.5) is 0 Å². The molecule has 1 heterocycles. The topological polar surface area (TPSA) is 72.5 Å². The van der Waals surface area contributed by atoms with Crippen LogP contribution in [0.15, 0.2) is 24.3 Å². The fourth-order valence-corrected chi connectivity index (χ4v) is 5.96. The van der Waals surface area contributed by atoms with Crippen LogP contribution in [-0.2, 0) is 24.8 Å². The highest BCUT2D eigenvalue weighted by atomic mass is 35.5. The lowest BCUT2D eigenvalue weighted by molar-refractivity contribution is -0.119. The molecule has 0 bridgehead atoms. The number of rotatable bonds is 6. The second kappa shape index (κ2) is 8.28. The number of carbonyl (C=O) groups excluding carboxylic acids is 1. The molecule has 26 heavy (non-hydrogen) atoms. The van der Waals surface area contributed by atoms with Crippen molar-refractivity contribution < 1.29 is 17.9 Å². The zero-order valence-corrected chi connectivity index (χ0v) is 16.4. The average molecular weight is 400 g/mol. The van der Waals surface area contributed by atoms with Crippen molar-refractivity contribution in [3.8, 4) is 0 Å². The summed E-state index contributed by atoms with van der Waals surface area (Å²) in [7, 11) is -3.36. The van der Waals surface area contributed by atoms with E-state index in [0.29, 0.717) is 37.6 Å². The van der Waals surface area contributed by atoms with E-state index in [1.165, 1.54) is 0 Å². The Balaban J connectivity index is 1.67. The van der Waals surface area contributed by atoms with Crippen molar-refractivity contribution in [3.63, 3.8) is 0 Å². The van der Waals surface area contributed by atoms with Gasteiger partial charge in [0.05, 0.1) is 5.25 Å². The van der Waals surface area contributed by atoms with Gasteiger partial charge in [-0.25, -0.2) is 8.42 Å². The zero-order valence-electron chi connectivity index (χ0n) is 14.9. The number of ether oxygens (including phenoxy) is 1. The first-order valence-electron chi connectivity index (χ1n) is 9.23. The van der Waals surface area contributed by atoms with E-state index in [9.17, 15) is 13.2 Å². The SMILES string of the molecule is O=C(CS(=O)(=O)C1CCCC1)NCC1(c2cccc(Cl)c2)CCOCC1. The minimum atomic E-state index is -3.36. The molecule has 144 valence electrons. The maximum absolute atomic E-state index is 12.4. The molecule has 3 rings (SSSR count). The van der Waals surface area contributed by atoms with Gasteiger partial charge in [-0.15, -0.1) is 0 Å². The van der Waals surface area contributed by atoms with Gasteiger partial charge in [-0.2, -0.15) is 0 Å². The van der Waals surface area contributed by atoms with Crippen molar-refractivity contribution in [2.45, 2.75) is 49.2 Å². The molecule has 0 aromatic heterocycles. The molecule has 2 aliphatic rings. The normalized spacial score (nSPS) is 20.8. The Morgan fingerprint density at radius 3 is 2.58 bits per heavy atom. The summed E-state index contributed by atoms with van der Waals surface area (Å²) in [5, 5.41) is 3.18. The maximum Gasteiger partial charge on any atom is 0.235 e. The van der Waals surface area contributed by atoms with Gasteiger partial charge in [0.25, 0.3) is 0 Å². The number of halogens is 1. The highest BCUT2D eigenvalue weighted by Gasteiger charge is 2.36. The van der Waals surface area contributed by atoms with Crippen LogP contribution in [0.2, 0.25) is 5.02 Å². The Morgan fingerprint density at radius 2 is 1.92 bits per heavy atom. The minimum absolute atomic E-state index is 0.268. The molecule has 1 aromatic rings. The smallest absolute Gasteiger partial charge is 0.235 e. The Bertz CT molecular complexity index is 738. The molecule has 1 saturated heterocycles. The van der Waals surface area contributed by atoms with Crippen LogP contribution in [0.3, 0.4) is 0 Å². The van der Waals surface area contributed by atoms with Gasteiger partial charge in [-0.3, -0.25) is 4.79 Å². The first-order valence-corrected chi connectivity index (χ1v) is 11.3. The van der Waals surface area contributed by atoms with Crippen molar-refractivity contribution in [2.24, 2.45) is 0 Å². The van der Waals surface area contributed by atoms with Gasteiger partial charge in [0.15, 0.2) is 9.84 Å². The molecule has 1 saturated carbocycles. The number of benzene rings is 1. The Hall–Kier alpha value is -1.11. The lowest BCUT2D eigenvalue weighted by atomic mass is 9.74. The summed E-state index contributed by atoms with van der Waals surface area (Å²) in [6.45, 7) is 1.63. The largest absolute Gasteiger partial charge is 0.381 e. The third-order valence-electron chi connectivity index (χ3n) is 5.65. The number of amides is 1. The minimum Gasteiger partial charge on any atom is -0.381 e. The van der Waals surface area contributed by atoms with E-state index in [1.54, 1.807) is 0 Å². The van der Waals surface area contributed by atoms with Crippen molar-refractivity contribution in [2.75, 3.05) is 25.5 Å². The number of carbonyl (C=O) groups is 1. The molecule has 5 nitrogen and oxygen atoms in total. The summed E-state index contributed by atoms with van der Waals surface area (Å²) in [5.41, 5.74) is 0.794. The summed E-state index contributed by atoms with van der Waals surface area (Å²) in [5.74, 6) is -0.829. The molecule has 7 heteroatoms. The molecule has 0 radical (unpaired) electrons. The Morgan fingerprint density at radius 1 is 1.23 bits per heavy atom. The van der Waals surface area contributed by atoms with Crippen molar-refractivity contribution in [1.29, 1.82) is 0 Å². The zero-order chi connectivity index (χ0) is 18.6. The van der Waals surface area contributed by atoms with E-state index >= 15 is 0 Å². The second-order valence-electron chi connectivity index (χ2n) is 7.39. The molecule has 1 amide bonds. The van der Waals surface area contributed by atoms with Crippen LogP contribution in [0.25, 0.3) is 0 Å². The van der Waals surface area contributed by atoms with Gasteiger partial charge in [0, 0.05) is 30.2 Å². The number of hydrogen-bond donors (Lipinski definition) is 1. The standard InChI is InChI=1S/C19H26ClNO4S/c20-16-5-3-4-15(12-16)19(8-10-25-11-9-19)14-21-18(22)13-26(23,24)17-6-1-2-7-17/h3-5,12,17H,1-2,6-11,13-14H2,(H,21,22). The van der Waals surface area contributed by atoms with E-state index in [0.717, 1.165) is 31.2 Å². The fourth-order valence-electron chi connectivity index (χ4n) is 4.01. The molecule has 0 atom stereocenters. The van der Waals surface area contributed by atoms with Crippen molar-refractivity contribution in [3.05, 3.63) is 34.9 Å². The Kier molecular flexibility index (Phi) is 6.25. The van der Waals surface area contributed by atoms with E-state index < -0.39 is 21.5 Å². The molecule has 1 aliphatic heterocycles. The summed E-state index contributed by atoms with van der Waals surface area (Å²) in [6, 6.07) is 7.67. The van der Waals surface area contributed by atoms with Crippen LogP contribution in [0.5, 0.6) is 0 Å². The van der Waals surface area contributed by atoms with Gasteiger partial charge in [0.1, 0.15) is 5.75 Å². The van der Waals surface area contributed by atoms with Gasteiger partial charge >= 0.3 is 0 Å². The molecule has 0 spiro atoms. The van der Waals surface area contributed by atoms with Crippen molar-refractivity contribution in [1.82, 2.24) is 5.32 Å². The van der Waals surface area contributed by atoms with Crippen molar-refractivity contribution >= 4 is 27.3 Å². The monoisotopic (exact) mass is 399 g/mol. The van der Waals surface area contributed by atoms with E-state index in [-0.39, 0.29) is 10.7 Å². The molecular formula is C19H26ClNO4S. The quantitative estimate of drug-likeness (QED) is 0.798. The van der Waals surface area contributed by atoms with Crippen LogP contribution in [0.1, 0.15) is 44.1 Å². The summed E-state index contributed by atoms with van der Waals surface area (Å²) >= 11 is 6.15. The number of nitrogens with one attached hydrogen (secondary N) is 1. The molecule has 1 N–H and O–H groups in total. The van der Waals surface area contributed by atoms with Crippen LogP contribution < -0.4 is 5.32 Å². The second-order valence-corrected chi connectivity index (χ2v) is 10.1. The highest BCUT2D eigenvalue weighted by molar-refractivity contribution is 7.92. The van der Waals surface area contributed by atoms with E-state index in [2.05, 4.69) is 5.32 Å². The predicted octanol–water partition coefficient (Wildman–Crippen LogP) is 2.86. The third-order valence-corrected chi connectivity index (χ3v) is 8.04. The van der Waals surface area contributed by atoms with Gasteiger partial charge in [-0.1, -0.05) is 36.6 Å². The van der Waals surface area contributed by atoms with Crippen LogP contribution in [-0.4, -0.2) is 45.1 Å². The van der Waals surface area contributed by atoms with Gasteiger partial charge in [-0.05, 0) is 43.4 Å². The first-order chi connectivity index (χ1) is 12.4. The Labute approximate surface area is 160 Å². The average Bonchev–Trinajstić information content (AvgIpc) is 3.16. The number of sulfone groups is 1. The van der Waals surface area contributed by atoms with Crippen LogP contribution >= 0.6 is 11.6 Å². The summed E-state index contributed by atoms with van der Waals surface area (Å²) in [6.07, 6.45) is 4.76. The lowest BCUT2D eigenvalue weighted by Gasteiger charge is -2.38. The molecular weight excluding hydrogens is 374 g/mol. The number of hydrogen-bond acceptors (Lipinski definition) is 4. The van der Waals surface area contributed by atoms with E-state index in [1.807, 2.05) is 24.3 Å². The summed E-state index contributed by atoms with van der Waals surface area (Å²) in [4.78, 5) is 12.4. The lowest BCUT2D eigenvalue weighted by Crippen LogP contribution is -2.46. The van der Waals surface area contributed by atoms with Crippen LogP contribution in [0, 0.1) is 0 Å².